The highest BCUT2D eigenvalue weighted by atomic mass is 16.5. The molecule has 2 saturated heterocycles. The van der Waals surface area contributed by atoms with Crippen molar-refractivity contribution in [1.29, 1.82) is 0 Å². The zero-order valence-corrected chi connectivity index (χ0v) is 16.9. The molecule has 2 aromatic rings. The quantitative estimate of drug-likeness (QED) is 0.841. The zero-order valence-electron chi connectivity index (χ0n) is 16.9. The Labute approximate surface area is 171 Å². The summed E-state index contributed by atoms with van der Waals surface area (Å²) in [6, 6.07) is 7.87. The van der Waals surface area contributed by atoms with Crippen molar-refractivity contribution in [2.75, 3.05) is 49.6 Å². The summed E-state index contributed by atoms with van der Waals surface area (Å²) < 4.78 is 5.42. The third kappa shape index (κ3) is 4.67. The Morgan fingerprint density at radius 2 is 1.83 bits per heavy atom. The van der Waals surface area contributed by atoms with Gasteiger partial charge in [-0.3, -0.25) is 9.59 Å². The highest BCUT2D eigenvalue weighted by molar-refractivity contribution is 5.96. The minimum absolute atomic E-state index is 0.0758. The molecule has 1 aromatic carbocycles. The van der Waals surface area contributed by atoms with E-state index in [1.165, 1.54) is 0 Å². The zero-order chi connectivity index (χ0) is 20.2. The lowest BCUT2D eigenvalue weighted by Gasteiger charge is -2.28. The number of nitrogens with zero attached hydrogens (tertiary/aromatic N) is 3. The molecule has 0 saturated carbocycles. The fourth-order valence-electron chi connectivity index (χ4n) is 3.98. The van der Waals surface area contributed by atoms with Crippen molar-refractivity contribution in [3.63, 3.8) is 0 Å². The molecular formula is C22H28N4O3. The molecule has 4 rings (SSSR count). The van der Waals surface area contributed by atoms with Crippen molar-refractivity contribution >= 4 is 34.2 Å². The minimum Gasteiger partial charge on any atom is -0.378 e. The molecule has 7 nitrogen and oxygen atoms in total. The van der Waals surface area contributed by atoms with Gasteiger partial charge < -0.3 is 19.9 Å². The van der Waals surface area contributed by atoms with Gasteiger partial charge in [0.2, 0.25) is 11.8 Å². The molecule has 0 radical (unpaired) electrons. The highest BCUT2D eigenvalue weighted by Gasteiger charge is 2.19. The van der Waals surface area contributed by atoms with Gasteiger partial charge in [-0.25, -0.2) is 4.98 Å². The summed E-state index contributed by atoms with van der Waals surface area (Å²) in [6.45, 7) is 6.86. The predicted octanol–water partition coefficient (Wildman–Crippen LogP) is 2.72. The lowest BCUT2D eigenvalue weighted by Crippen LogP contribution is -2.36. The van der Waals surface area contributed by atoms with Crippen molar-refractivity contribution < 1.29 is 14.3 Å². The summed E-state index contributed by atoms with van der Waals surface area (Å²) in [6.07, 6.45) is 2.61. The number of likely N-dealkylation sites (tertiary alicyclic amines) is 1. The van der Waals surface area contributed by atoms with E-state index in [0.717, 1.165) is 80.2 Å². The minimum atomic E-state index is -0.132. The monoisotopic (exact) mass is 396 g/mol. The van der Waals surface area contributed by atoms with Crippen LogP contribution in [0.15, 0.2) is 24.3 Å². The van der Waals surface area contributed by atoms with Crippen LogP contribution < -0.4 is 10.2 Å². The van der Waals surface area contributed by atoms with E-state index < -0.39 is 0 Å². The van der Waals surface area contributed by atoms with E-state index in [0.29, 0.717) is 0 Å². The molecule has 1 N–H and O–H groups in total. The number of anilines is 2. The molecule has 0 unspecified atom stereocenters. The summed E-state index contributed by atoms with van der Waals surface area (Å²) >= 11 is 0. The number of aryl methyl sites for hydroxylation is 1. The average Bonchev–Trinajstić information content (AvgIpc) is 3.28. The van der Waals surface area contributed by atoms with Crippen LogP contribution in [-0.4, -0.2) is 61.1 Å². The van der Waals surface area contributed by atoms with Crippen LogP contribution in [0.1, 0.15) is 31.2 Å². The van der Waals surface area contributed by atoms with Crippen LogP contribution in [0.3, 0.4) is 0 Å². The first-order valence-corrected chi connectivity index (χ1v) is 10.4. The van der Waals surface area contributed by atoms with Gasteiger partial charge in [-0.1, -0.05) is 0 Å². The maximum Gasteiger partial charge on any atom is 0.224 e. The van der Waals surface area contributed by atoms with Crippen LogP contribution in [0, 0.1) is 6.92 Å². The molecule has 2 fully saturated rings. The first-order valence-electron chi connectivity index (χ1n) is 10.4. The molecule has 0 atom stereocenters. The van der Waals surface area contributed by atoms with Gasteiger partial charge in [0.15, 0.2) is 0 Å². The number of fused-ring (bicyclic) bond motifs is 1. The van der Waals surface area contributed by atoms with Gasteiger partial charge in [0.1, 0.15) is 5.82 Å². The van der Waals surface area contributed by atoms with Gasteiger partial charge in [0.25, 0.3) is 0 Å². The fourth-order valence-corrected chi connectivity index (χ4v) is 3.98. The number of nitrogens with one attached hydrogen (secondary N) is 1. The molecule has 0 spiro atoms. The van der Waals surface area contributed by atoms with Gasteiger partial charge in [-0.2, -0.15) is 0 Å². The molecule has 2 aliphatic heterocycles. The van der Waals surface area contributed by atoms with Crippen molar-refractivity contribution in [2.45, 2.75) is 32.6 Å². The van der Waals surface area contributed by atoms with Crippen LogP contribution in [0.25, 0.3) is 10.9 Å². The molecule has 0 bridgehead atoms. The topological polar surface area (TPSA) is 74.8 Å². The fraction of sp³-hybridized carbons (Fsp3) is 0.500. The van der Waals surface area contributed by atoms with E-state index in [1.807, 2.05) is 23.1 Å². The number of carbonyl (C=O) groups is 2. The van der Waals surface area contributed by atoms with E-state index >= 15 is 0 Å². The first-order chi connectivity index (χ1) is 14.1. The maximum atomic E-state index is 12.3. The second kappa shape index (κ2) is 8.78. The number of pyridine rings is 1. The van der Waals surface area contributed by atoms with Crippen LogP contribution in [-0.2, 0) is 14.3 Å². The Morgan fingerprint density at radius 3 is 2.59 bits per heavy atom. The molecular weight excluding hydrogens is 368 g/mol. The average molecular weight is 396 g/mol. The van der Waals surface area contributed by atoms with E-state index in [1.54, 1.807) is 0 Å². The van der Waals surface area contributed by atoms with Crippen LogP contribution >= 0.6 is 0 Å². The van der Waals surface area contributed by atoms with Crippen molar-refractivity contribution in [1.82, 2.24) is 9.88 Å². The third-order valence-electron chi connectivity index (χ3n) is 5.65. The van der Waals surface area contributed by atoms with Crippen molar-refractivity contribution in [3.05, 3.63) is 29.8 Å². The number of hydrogen-bond donors (Lipinski definition) is 1. The van der Waals surface area contributed by atoms with E-state index in [9.17, 15) is 9.59 Å². The number of amides is 2. The smallest absolute Gasteiger partial charge is 0.224 e. The largest absolute Gasteiger partial charge is 0.378 e. The number of hydrogen-bond acceptors (Lipinski definition) is 5. The lowest BCUT2D eigenvalue weighted by molar-refractivity contribution is -0.131. The highest BCUT2D eigenvalue weighted by Crippen LogP contribution is 2.26. The van der Waals surface area contributed by atoms with Crippen LogP contribution in [0.2, 0.25) is 0 Å². The summed E-state index contributed by atoms with van der Waals surface area (Å²) in [7, 11) is 0. The van der Waals surface area contributed by atoms with Crippen molar-refractivity contribution in [2.24, 2.45) is 0 Å². The maximum absolute atomic E-state index is 12.3. The van der Waals surface area contributed by atoms with Gasteiger partial charge in [0.05, 0.1) is 18.7 Å². The molecule has 1 aromatic heterocycles. The van der Waals surface area contributed by atoms with E-state index in [-0.39, 0.29) is 24.7 Å². The summed E-state index contributed by atoms with van der Waals surface area (Å²) in [5, 5.41) is 3.94. The van der Waals surface area contributed by atoms with Gasteiger partial charge >= 0.3 is 0 Å². The molecule has 2 amide bonds. The van der Waals surface area contributed by atoms with Crippen LogP contribution in [0.5, 0.6) is 0 Å². The predicted molar refractivity (Wildman–Crippen MR) is 113 cm³/mol. The Balaban J connectivity index is 1.40. The number of ether oxygens (including phenoxy) is 1. The summed E-state index contributed by atoms with van der Waals surface area (Å²) in [4.78, 5) is 33.3. The summed E-state index contributed by atoms with van der Waals surface area (Å²) in [5.41, 5.74) is 2.77. The number of aromatic nitrogens is 1. The molecule has 29 heavy (non-hydrogen) atoms. The first kappa shape index (κ1) is 19.6. The molecule has 154 valence electrons. The van der Waals surface area contributed by atoms with Gasteiger partial charge in [0, 0.05) is 50.1 Å². The second-order valence-corrected chi connectivity index (χ2v) is 7.76. The van der Waals surface area contributed by atoms with Gasteiger partial charge in [-0.05, 0) is 49.6 Å². The SMILES string of the molecule is Cc1cc(N2CCOCC2)nc2ccc(NC(=O)CCC(=O)N3CCCC3)cc12. The van der Waals surface area contributed by atoms with Crippen molar-refractivity contribution in [3.8, 4) is 0 Å². The Hall–Kier alpha value is -2.67. The second-order valence-electron chi connectivity index (χ2n) is 7.76. The molecule has 3 heterocycles. The Kier molecular flexibility index (Phi) is 5.94. The Bertz CT molecular complexity index is 902. The number of carbonyl (C=O) groups excluding carboxylic acids is 2. The molecule has 0 aliphatic carbocycles. The normalized spacial score (nSPS) is 17.0. The van der Waals surface area contributed by atoms with E-state index in [2.05, 4.69) is 23.2 Å². The Morgan fingerprint density at radius 1 is 1.07 bits per heavy atom. The number of rotatable bonds is 5. The van der Waals surface area contributed by atoms with E-state index in [4.69, 9.17) is 9.72 Å². The number of morpholine rings is 1. The van der Waals surface area contributed by atoms with Gasteiger partial charge in [-0.15, -0.1) is 0 Å². The lowest BCUT2D eigenvalue weighted by atomic mass is 10.1. The molecule has 2 aliphatic rings. The number of benzene rings is 1. The molecule has 7 heteroatoms. The van der Waals surface area contributed by atoms with Crippen LogP contribution in [0.4, 0.5) is 11.5 Å². The third-order valence-corrected chi connectivity index (χ3v) is 5.65. The standard InChI is InChI=1S/C22H28N4O3/c1-16-14-20(25-10-12-29-13-11-25)24-19-5-4-17(15-18(16)19)23-21(27)6-7-22(28)26-8-2-3-9-26/h4-5,14-15H,2-3,6-13H2,1H3,(H,23,27). The summed E-state index contributed by atoms with van der Waals surface area (Å²) in [5.74, 6) is 0.912.